The van der Waals surface area contributed by atoms with Crippen molar-refractivity contribution in [2.24, 2.45) is 0 Å². The summed E-state index contributed by atoms with van der Waals surface area (Å²) >= 11 is 27.7. The number of nitrogens with one attached hydrogen (secondary N) is 4. The van der Waals surface area contributed by atoms with Crippen molar-refractivity contribution < 1.29 is 47.0 Å². The molecule has 0 bridgehead atoms. The molecule has 0 radical (unpaired) electrons. The monoisotopic (exact) mass is 1070 g/mol. The van der Waals surface area contributed by atoms with E-state index < -0.39 is 68.2 Å². The maximum atomic E-state index is 14.5. The zero-order valence-corrected chi connectivity index (χ0v) is 36.2. The molecule has 0 aliphatic carbocycles. The van der Waals surface area contributed by atoms with Gasteiger partial charge >= 0.3 is 0 Å². The summed E-state index contributed by atoms with van der Waals surface area (Å²) in [6.45, 7) is 4.78. The quantitative estimate of drug-likeness (QED) is 0.0241. The predicted octanol–water partition coefficient (Wildman–Crippen LogP) is 10.5. The number of hydroxylamine groups is 2. The van der Waals surface area contributed by atoms with E-state index in [2.05, 4.69) is 21.6 Å². The SMILES string of the molecule is CC(C)(O)CCONC(=O)c1cc(Cl)c(F)c(F)c1Nc1ccc(I)cc1Cl.CC(O)CCONC(=O)c1cc(Cl)c(F)c(F)c1Nc1ccc(I)cc1Cl. The molecule has 0 spiro atoms. The van der Waals surface area contributed by atoms with Gasteiger partial charge in [0.25, 0.3) is 11.8 Å². The van der Waals surface area contributed by atoms with Crippen molar-refractivity contribution in [3.05, 3.63) is 110 Å². The average Bonchev–Trinajstić information content (AvgIpc) is 3.10. The first-order valence-corrected chi connectivity index (χ1v) is 19.4. The molecule has 0 saturated heterocycles. The Morgan fingerprint density at radius 2 is 1.11 bits per heavy atom. The molecule has 4 rings (SSSR count). The Kier molecular flexibility index (Phi) is 18.3. The van der Waals surface area contributed by atoms with Crippen LogP contribution >= 0.6 is 91.6 Å². The van der Waals surface area contributed by atoms with E-state index in [0.717, 1.165) is 19.3 Å². The first-order valence-electron chi connectivity index (χ1n) is 15.7. The van der Waals surface area contributed by atoms with E-state index in [-0.39, 0.29) is 58.6 Å². The molecule has 1 atom stereocenters. The van der Waals surface area contributed by atoms with Gasteiger partial charge in [-0.2, -0.15) is 0 Å². The Morgan fingerprint density at radius 3 is 1.47 bits per heavy atom. The summed E-state index contributed by atoms with van der Waals surface area (Å²) in [4.78, 5) is 34.7. The van der Waals surface area contributed by atoms with Crippen molar-refractivity contribution in [2.45, 2.75) is 45.3 Å². The molecule has 2 amide bonds. The minimum Gasteiger partial charge on any atom is -0.393 e. The van der Waals surface area contributed by atoms with Gasteiger partial charge in [0.15, 0.2) is 23.3 Å². The highest BCUT2D eigenvalue weighted by molar-refractivity contribution is 14.1. The molecule has 4 aromatic rings. The van der Waals surface area contributed by atoms with Crippen LogP contribution < -0.4 is 21.6 Å². The molecule has 0 aromatic heterocycles. The van der Waals surface area contributed by atoms with E-state index in [1.54, 1.807) is 57.2 Å². The normalized spacial score (nSPS) is 11.7. The second-order valence-corrected chi connectivity index (χ2v) is 16.2. The zero-order chi connectivity index (χ0) is 41.2. The Labute approximate surface area is 360 Å². The molecule has 55 heavy (non-hydrogen) atoms. The molecular weight excluding hydrogens is 1040 g/mol. The van der Waals surface area contributed by atoms with Gasteiger partial charge in [-0.1, -0.05) is 46.4 Å². The largest absolute Gasteiger partial charge is 0.393 e. The van der Waals surface area contributed by atoms with Gasteiger partial charge in [0.2, 0.25) is 0 Å². The van der Waals surface area contributed by atoms with Crippen LogP contribution in [0.3, 0.4) is 0 Å². The molecule has 0 heterocycles. The number of halogens is 10. The summed E-state index contributed by atoms with van der Waals surface area (Å²) in [5.41, 5.74) is 2.39. The highest BCUT2D eigenvalue weighted by Crippen LogP contribution is 2.35. The molecule has 4 aromatic carbocycles. The van der Waals surface area contributed by atoms with Crippen molar-refractivity contribution in [2.75, 3.05) is 23.8 Å². The second kappa shape index (κ2) is 21.4. The van der Waals surface area contributed by atoms with Gasteiger partial charge in [0, 0.05) is 13.6 Å². The van der Waals surface area contributed by atoms with Crippen LogP contribution in [0.25, 0.3) is 0 Å². The van der Waals surface area contributed by atoms with Gasteiger partial charge in [-0.3, -0.25) is 19.3 Å². The lowest BCUT2D eigenvalue weighted by molar-refractivity contribution is -0.00570. The highest BCUT2D eigenvalue weighted by atomic mass is 127. The van der Waals surface area contributed by atoms with Crippen LogP contribution in [0.15, 0.2) is 48.5 Å². The topological polar surface area (TPSA) is 141 Å². The van der Waals surface area contributed by atoms with Crippen molar-refractivity contribution in [3.8, 4) is 0 Å². The maximum absolute atomic E-state index is 14.5. The number of amides is 2. The number of aliphatic hydroxyl groups excluding tert-OH is 1. The van der Waals surface area contributed by atoms with Gasteiger partial charge in [-0.15, -0.1) is 0 Å². The van der Waals surface area contributed by atoms with Crippen molar-refractivity contribution in [3.63, 3.8) is 0 Å². The van der Waals surface area contributed by atoms with Crippen molar-refractivity contribution in [1.29, 1.82) is 0 Å². The number of benzene rings is 4. The molecule has 0 fully saturated rings. The van der Waals surface area contributed by atoms with Crippen LogP contribution in [-0.2, 0) is 9.68 Å². The molecular formula is C35H32Cl4F4I2N4O6. The maximum Gasteiger partial charge on any atom is 0.277 e. The van der Waals surface area contributed by atoms with Gasteiger partial charge in [0.05, 0.1) is 78.9 Å². The molecule has 298 valence electrons. The number of anilines is 4. The van der Waals surface area contributed by atoms with Crippen LogP contribution in [0.5, 0.6) is 0 Å². The van der Waals surface area contributed by atoms with Crippen molar-refractivity contribution in [1.82, 2.24) is 11.0 Å². The first kappa shape index (κ1) is 47.0. The predicted molar refractivity (Wildman–Crippen MR) is 222 cm³/mol. The molecule has 0 saturated carbocycles. The van der Waals surface area contributed by atoms with Crippen LogP contribution in [0.4, 0.5) is 40.3 Å². The average molecular weight is 1080 g/mol. The van der Waals surface area contributed by atoms with E-state index in [0.29, 0.717) is 0 Å². The summed E-state index contributed by atoms with van der Waals surface area (Å²) in [6, 6.07) is 11.8. The summed E-state index contributed by atoms with van der Waals surface area (Å²) in [7, 11) is 0. The van der Waals surface area contributed by atoms with E-state index >= 15 is 0 Å². The van der Waals surface area contributed by atoms with E-state index in [1.807, 2.05) is 45.2 Å². The standard InChI is InChI=1S/C18H17Cl2F2IN2O3.C17H15Cl2F2IN2O3/c1-18(2,27)5-6-28-25-17(26)10-8-12(20)14(21)15(22)16(10)24-13-4-3-9(23)7-11(13)19;1-8(25)4-5-27-24-17(26)10-7-12(19)14(20)15(21)16(10)23-13-3-2-9(22)6-11(13)18/h3-4,7-8,24,27H,5-6H2,1-2H3,(H,25,26);2-3,6-8,23,25H,4-5H2,1H3,(H,24,26). The van der Waals surface area contributed by atoms with Crippen LogP contribution in [0.1, 0.15) is 54.3 Å². The van der Waals surface area contributed by atoms with Crippen LogP contribution in [0.2, 0.25) is 20.1 Å². The highest BCUT2D eigenvalue weighted by Gasteiger charge is 2.25. The summed E-state index contributed by atoms with van der Waals surface area (Å²) in [5.74, 6) is -6.95. The number of carbonyl (C=O) groups is 2. The fourth-order valence-corrected chi connectivity index (χ4v) is 6.31. The van der Waals surface area contributed by atoms with Gasteiger partial charge in [-0.05, 0) is 121 Å². The van der Waals surface area contributed by atoms with Crippen LogP contribution in [-0.4, -0.2) is 46.9 Å². The Morgan fingerprint density at radius 1 is 0.709 bits per heavy atom. The number of aliphatic hydroxyl groups is 2. The van der Waals surface area contributed by atoms with E-state index in [9.17, 15) is 32.3 Å². The Hall–Kier alpha value is -2.40. The minimum absolute atomic E-state index is 0.0123. The van der Waals surface area contributed by atoms with E-state index in [4.69, 9.17) is 61.2 Å². The third-order valence-corrected chi connectivity index (χ3v) is 9.50. The third kappa shape index (κ3) is 14.2. The minimum atomic E-state index is -1.33. The number of hydrogen-bond donors (Lipinski definition) is 6. The smallest absolute Gasteiger partial charge is 0.277 e. The molecule has 0 aliphatic heterocycles. The Bertz CT molecular complexity index is 2030. The summed E-state index contributed by atoms with van der Waals surface area (Å²) in [6.07, 6.45) is -0.0861. The summed E-state index contributed by atoms with van der Waals surface area (Å²) in [5, 5.41) is 23.5. The van der Waals surface area contributed by atoms with Crippen molar-refractivity contribution >= 4 is 126 Å². The van der Waals surface area contributed by atoms with Gasteiger partial charge in [0.1, 0.15) is 0 Å². The molecule has 0 aliphatic rings. The molecule has 6 N–H and O–H groups in total. The Balaban J connectivity index is 0.000000296. The molecule has 20 heteroatoms. The fourth-order valence-electron chi connectivity index (χ4n) is 4.12. The van der Waals surface area contributed by atoms with E-state index in [1.165, 1.54) is 0 Å². The van der Waals surface area contributed by atoms with Crippen LogP contribution in [0, 0.1) is 30.4 Å². The number of hydrogen-bond acceptors (Lipinski definition) is 8. The lowest BCUT2D eigenvalue weighted by atomic mass is 10.1. The van der Waals surface area contributed by atoms with Gasteiger partial charge < -0.3 is 20.8 Å². The molecule has 1 unspecified atom stereocenters. The third-order valence-electron chi connectivity index (χ3n) is 6.98. The lowest BCUT2D eigenvalue weighted by Gasteiger charge is -2.18. The summed E-state index contributed by atoms with van der Waals surface area (Å²) < 4.78 is 58.5. The van der Waals surface area contributed by atoms with Gasteiger partial charge in [-0.25, -0.2) is 28.5 Å². The fraction of sp³-hybridized carbons (Fsp3) is 0.257. The zero-order valence-electron chi connectivity index (χ0n) is 28.8. The second-order valence-electron chi connectivity index (χ2n) is 12.1. The first-order chi connectivity index (χ1) is 25.7. The number of carbonyl (C=O) groups excluding carboxylic acids is 2. The lowest BCUT2D eigenvalue weighted by Crippen LogP contribution is -2.28. The number of rotatable bonds is 14. The molecule has 10 nitrogen and oxygen atoms in total.